The van der Waals surface area contributed by atoms with Gasteiger partial charge >= 0.3 is 0 Å². The number of hydrogen-bond donors (Lipinski definition) is 1. The lowest BCUT2D eigenvalue weighted by Crippen LogP contribution is -2.39. The highest BCUT2D eigenvalue weighted by Gasteiger charge is 2.31. The minimum atomic E-state index is -0.840. The number of carbonyl (C=O) groups excluding carboxylic acids is 1. The molecule has 0 aliphatic rings. The van der Waals surface area contributed by atoms with Crippen LogP contribution in [0.2, 0.25) is 0 Å². The van der Waals surface area contributed by atoms with Crippen LogP contribution in [0, 0.1) is 0 Å². The summed E-state index contributed by atoms with van der Waals surface area (Å²) in [5.41, 5.74) is 0.877. The number of benzene rings is 2. The molecule has 0 aromatic heterocycles. The van der Waals surface area contributed by atoms with Gasteiger partial charge in [0.25, 0.3) is 0 Å². The molecule has 0 bridgehead atoms. The van der Waals surface area contributed by atoms with E-state index in [-0.39, 0.29) is 23.9 Å². The van der Waals surface area contributed by atoms with Crippen LogP contribution in [0.3, 0.4) is 0 Å². The van der Waals surface area contributed by atoms with Crippen LogP contribution >= 0.6 is 0 Å². The lowest BCUT2D eigenvalue weighted by Gasteiger charge is -2.31. The molecule has 0 heterocycles. The quantitative estimate of drug-likeness (QED) is 0.280. The fourth-order valence-corrected chi connectivity index (χ4v) is 3.98. The summed E-state index contributed by atoms with van der Waals surface area (Å²) in [7, 11) is 0. The summed E-state index contributed by atoms with van der Waals surface area (Å²) in [5, 5.41) is 9.07. The number of rotatable bonds is 15. The van der Waals surface area contributed by atoms with Crippen molar-refractivity contribution in [2.24, 2.45) is 0 Å². The molecule has 0 saturated heterocycles. The van der Waals surface area contributed by atoms with E-state index in [0.29, 0.717) is 25.9 Å². The molecular formula is C31H44O5. The van der Waals surface area contributed by atoms with Gasteiger partial charge in [-0.15, -0.1) is 0 Å². The Morgan fingerprint density at radius 2 is 1.50 bits per heavy atom. The van der Waals surface area contributed by atoms with Gasteiger partial charge in [0, 0.05) is 24.9 Å². The van der Waals surface area contributed by atoms with E-state index in [4.69, 9.17) is 19.3 Å². The summed E-state index contributed by atoms with van der Waals surface area (Å²) < 4.78 is 18.1. The SMILES string of the molecule is C=CC(=O)C(C)(CC)OCCC(C)(C)Oc1ccc(C(C)(C)c2ccc(OC(C)CCO)cc2)cc1. The van der Waals surface area contributed by atoms with Gasteiger partial charge in [0.1, 0.15) is 22.7 Å². The number of aliphatic hydroxyl groups excluding tert-OH is 1. The van der Waals surface area contributed by atoms with Crippen molar-refractivity contribution < 1.29 is 24.1 Å². The molecule has 0 spiro atoms. The standard InChI is InChI=1S/C31H44O5/c1-9-28(33)31(8,10-2)34-22-20-29(4,5)36-27-17-13-25(14-18-27)30(6,7)24-11-15-26(16-12-24)35-23(3)19-21-32/h9,11-18,23,32H,1,10,19-22H2,2-8H3. The van der Waals surface area contributed by atoms with E-state index in [2.05, 4.69) is 44.7 Å². The minimum absolute atomic E-state index is 0.0250. The van der Waals surface area contributed by atoms with Crippen LogP contribution in [0.1, 0.15) is 78.9 Å². The van der Waals surface area contributed by atoms with Crippen molar-refractivity contribution in [3.05, 3.63) is 72.3 Å². The molecule has 2 aromatic carbocycles. The van der Waals surface area contributed by atoms with E-state index in [1.165, 1.54) is 17.2 Å². The Balaban J connectivity index is 2.01. The summed E-state index contributed by atoms with van der Waals surface area (Å²) in [6.45, 7) is 18.3. The predicted molar refractivity (Wildman–Crippen MR) is 146 cm³/mol. The highest BCUT2D eigenvalue weighted by Crippen LogP contribution is 2.34. The van der Waals surface area contributed by atoms with Gasteiger partial charge in [0.15, 0.2) is 5.78 Å². The normalized spacial score (nSPS) is 14.6. The van der Waals surface area contributed by atoms with Gasteiger partial charge in [-0.1, -0.05) is 51.6 Å². The zero-order valence-electron chi connectivity index (χ0n) is 23.1. The molecule has 0 saturated carbocycles. The van der Waals surface area contributed by atoms with Gasteiger partial charge in [-0.2, -0.15) is 0 Å². The molecule has 0 amide bonds. The molecular weight excluding hydrogens is 452 g/mol. The zero-order chi connectivity index (χ0) is 27.0. The maximum Gasteiger partial charge on any atom is 0.186 e. The molecule has 2 unspecified atom stereocenters. The molecule has 5 heteroatoms. The average Bonchev–Trinajstić information content (AvgIpc) is 2.83. The third-order valence-electron chi connectivity index (χ3n) is 6.93. The van der Waals surface area contributed by atoms with E-state index in [1.54, 1.807) is 0 Å². The molecule has 5 nitrogen and oxygen atoms in total. The second-order valence-electron chi connectivity index (χ2n) is 10.7. The highest BCUT2D eigenvalue weighted by atomic mass is 16.5. The lowest BCUT2D eigenvalue weighted by atomic mass is 9.78. The Morgan fingerprint density at radius 1 is 0.972 bits per heavy atom. The molecule has 2 aromatic rings. The molecule has 0 fully saturated rings. The van der Waals surface area contributed by atoms with Gasteiger partial charge in [-0.25, -0.2) is 0 Å². The second-order valence-corrected chi connectivity index (χ2v) is 10.7. The number of carbonyl (C=O) groups is 1. The van der Waals surface area contributed by atoms with Crippen LogP contribution in [0.4, 0.5) is 0 Å². The van der Waals surface area contributed by atoms with E-state index in [9.17, 15) is 4.79 Å². The molecule has 0 radical (unpaired) electrons. The first kappa shape index (κ1) is 29.6. The van der Waals surface area contributed by atoms with E-state index < -0.39 is 11.2 Å². The van der Waals surface area contributed by atoms with Crippen molar-refractivity contribution in [1.82, 2.24) is 0 Å². The van der Waals surface area contributed by atoms with Crippen LogP contribution in [0.15, 0.2) is 61.2 Å². The Kier molecular flexibility index (Phi) is 10.3. The van der Waals surface area contributed by atoms with Gasteiger partial charge in [0.2, 0.25) is 0 Å². The van der Waals surface area contributed by atoms with Crippen molar-refractivity contribution in [1.29, 1.82) is 0 Å². The van der Waals surface area contributed by atoms with Crippen molar-refractivity contribution in [3.63, 3.8) is 0 Å². The average molecular weight is 497 g/mol. The molecule has 0 aliphatic heterocycles. The number of aliphatic hydroxyl groups is 1. The van der Waals surface area contributed by atoms with Crippen LogP contribution in [-0.4, -0.2) is 41.4 Å². The maximum absolute atomic E-state index is 12.1. The summed E-state index contributed by atoms with van der Waals surface area (Å²) in [4.78, 5) is 12.1. The zero-order valence-corrected chi connectivity index (χ0v) is 23.1. The van der Waals surface area contributed by atoms with Gasteiger partial charge in [-0.05, 0) is 75.6 Å². The minimum Gasteiger partial charge on any atom is -0.491 e. The third kappa shape index (κ3) is 7.94. The molecule has 198 valence electrons. The Morgan fingerprint density at radius 3 is 1.97 bits per heavy atom. The van der Waals surface area contributed by atoms with Crippen LogP contribution in [0.5, 0.6) is 11.5 Å². The Labute approximate surface area is 217 Å². The van der Waals surface area contributed by atoms with Gasteiger partial charge < -0.3 is 19.3 Å². The first-order chi connectivity index (χ1) is 16.9. The first-order valence-corrected chi connectivity index (χ1v) is 12.9. The first-order valence-electron chi connectivity index (χ1n) is 12.9. The molecule has 36 heavy (non-hydrogen) atoms. The van der Waals surface area contributed by atoms with Crippen molar-refractivity contribution in [3.8, 4) is 11.5 Å². The predicted octanol–water partition coefficient (Wildman–Crippen LogP) is 6.65. The van der Waals surface area contributed by atoms with E-state index in [1.807, 2.05) is 58.9 Å². The third-order valence-corrected chi connectivity index (χ3v) is 6.93. The number of ketones is 1. The van der Waals surface area contributed by atoms with Gasteiger partial charge in [0.05, 0.1) is 12.7 Å². The Hall–Kier alpha value is -2.63. The topological polar surface area (TPSA) is 65.0 Å². The summed E-state index contributed by atoms with van der Waals surface area (Å²) in [6, 6.07) is 16.4. The smallest absolute Gasteiger partial charge is 0.186 e. The summed E-state index contributed by atoms with van der Waals surface area (Å²) in [5.74, 6) is 1.50. The van der Waals surface area contributed by atoms with Crippen LogP contribution < -0.4 is 9.47 Å². The monoisotopic (exact) mass is 496 g/mol. The van der Waals surface area contributed by atoms with Crippen molar-refractivity contribution in [2.45, 2.75) is 90.4 Å². The Bertz CT molecular complexity index is 975. The summed E-state index contributed by atoms with van der Waals surface area (Å²) in [6.07, 6.45) is 3.15. The molecule has 2 rings (SSSR count). The van der Waals surface area contributed by atoms with E-state index in [0.717, 1.165) is 11.5 Å². The molecule has 2 atom stereocenters. The van der Waals surface area contributed by atoms with Crippen LogP contribution in [0.25, 0.3) is 0 Å². The lowest BCUT2D eigenvalue weighted by molar-refractivity contribution is -0.139. The number of ether oxygens (including phenoxy) is 3. The van der Waals surface area contributed by atoms with Gasteiger partial charge in [-0.3, -0.25) is 4.79 Å². The molecule has 1 N–H and O–H groups in total. The fourth-order valence-electron chi connectivity index (χ4n) is 3.98. The number of hydrogen-bond acceptors (Lipinski definition) is 5. The maximum atomic E-state index is 12.1. The fraction of sp³-hybridized carbons (Fsp3) is 0.516. The van der Waals surface area contributed by atoms with Crippen molar-refractivity contribution in [2.75, 3.05) is 13.2 Å². The molecule has 0 aliphatic carbocycles. The van der Waals surface area contributed by atoms with Crippen LogP contribution in [-0.2, 0) is 14.9 Å². The van der Waals surface area contributed by atoms with Crippen molar-refractivity contribution >= 4 is 5.78 Å². The largest absolute Gasteiger partial charge is 0.491 e. The highest BCUT2D eigenvalue weighted by molar-refractivity contribution is 5.96. The van der Waals surface area contributed by atoms with E-state index >= 15 is 0 Å². The second kappa shape index (κ2) is 12.6. The summed E-state index contributed by atoms with van der Waals surface area (Å²) >= 11 is 0.